The minimum absolute atomic E-state index is 0.0112. The van der Waals surface area contributed by atoms with E-state index in [-0.39, 0.29) is 5.91 Å². The second kappa shape index (κ2) is 9.54. The molecule has 152 valence electrons. The molecule has 2 fully saturated rings. The average Bonchev–Trinajstić information content (AvgIpc) is 2.68. The van der Waals surface area contributed by atoms with Crippen molar-refractivity contribution in [1.29, 1.82) is 0 Å². The van der Waals surface area contributed by atoms with Crippen LogP contribution in [0.15, 0.2) is 48.3 Å². The molecule has 3 rings (SSSR count). The predicted molar refractivity (Wildman–Crippen MR) is 115 cm³/mol. The first kappa shape index (κ1) is 20.8. The van der Waals surface area contributed by atoms with Crippen molar-refractivity contribution in [2.75, 3.05) is 0 Å². The van der Waals surface area contributed by atoms with Gasteiger partial charge in [-0.1, -0.05) is 45.1 Å². The van der Waals surface area contributed by atoms with Crippen molar-refractivity contribution in [2.24, 2.45) is 35.5 Å². The second-order valence-electron chi connectivity index (χ2n) is 9.30. The Morgan fingerprint density at radius 1 is 1.21 bits per heavy atom. The number of aromatic nitrogens is 1. The summed E-state index contributed by atoms with van der Waals surface area (Å²) >= 11 is 0. The van der Waals surface area contributed by atoms with Gasteiger partial charge < -0.3 is 5.32 Å². The largest absolute Gasteiger partial charge is 0.348 e. The Kier molecular flexibility index (Phi) is 7.09. The van der Waals surface area contributed by atoms with Crippen LogP contribution in [0.3, 0.4) is 0 Å². The molecular formula is C25H36N2O. The zero-order valence-electron chi connectivity index (χ0n) is 17.9. The van der Waals surface area contributed by atoms with Crippen LogP contribution in [-0.2, 0) is 11.3 Å². The molecule has 3 heteroatoms. The number of fused-ring (bicyclic) bond motifs is 1. The van der Waals surface area contributed by atoms with Crippen LogP contribution in [0.4, 0.5) is 0 Å². The van der Waals surface area contributed by atoms with E-state index in [1.807, 2.05) is 25.1 Å². The standard InChI is InChI=1S/C25H36N2O/c1-17-13-20(4)24-22(14-17)11-10-18(2)23(24)9-5-7-19(3)25(28)27-16-21-8-6-12-26-15-21/h5-9,12,15,17-18,20,22-24H,10-11,13-14,16H2,1-4H3,(H,27,28)/b9-5+,19-7+/t17-,18-,20+,22?,23-,24-/m0/s1. The van der Waals surface area contributed by atoms with Crippen molar-refractivity contribution in [3.63, 3.8) is 0 Å². The Bertz CT molecular complexity index is 709. The molecule has 0 spiro atoms. The predicted octanol–water partition coefficient (Wildman–Crippen LogP) is 5.54. The van der Waals surface area contributed by atoms with E-state index in [9.17, 15) is 4.79 Å². The van der Waals surface area contributed by atoms with E-state index in [1.165, 1.54) is 25.7 Å². The maximum absolute atomic E-state index is 12.3. The van der Waals surface area contributed by atoms with Gasteiger partial charge in [0.1, 0.15) is 0 Å². The monoisotopic (exact) mass is 380 g/mol. The van der Waals surface area contributed by atoms with Crippen LogP contribution in [0.2, 0.25) is 0 Å². The van der Waals surface area contributed by atoms with Gasteiger partial charge in [-0.15, -0.1) is 0 Å². The summed E-state index contributed by atoms with van der Waals surface area (Å²) in [5.74, 6) is 4.74. The van der Waals surface area contributed by atoms with Crippen molar-refractivity contribution in [1.82, 2.24) is 10.3 Å². The number of hydrogen-bond acceptors (Lipinski definition) is 2. The lowest BCUT2D eigenvalue weighted by Crippen LogP contribution is -2.41. The normalized spacial score (nSPS) is 33.5. The lowest BCUT2D eigenvalue weighted by molar-refractivity contribution is -0.117. The molecule has 0 bridgehead atoms. The number of nitrogens with zero attached hydrogens (tertiary/aromatic N) is 1. The first-order valence-corrected chi connectivity index (χ1v) is 11.0. The number of carbonyl (C=O) groups excluding carboxylic acids is 1. The Balaban J connectivity index is 1.60. The molecule has 1 heterocycles. The van der Waals surface area contributed by atoms with Gasteiger partial charge in [0.2, 0.25) is 5.91 Å². The van der Waals surface area contributed by atoms with E-state index in [4.69, 9.17) is 0 Å². The van der Waals surface area contributed by atoms with Gasteiger partial charge in [0, 0.05) is 24.5 Å². The smallest absolute Gasteiger partial charge is 0.247 e. The molecule has 6 atom stereocenters. The molecule has 1 aromatic rings. The fourth-order valence-electron chi connectivity index (χ4n) is 5.63. The second-order valence-corrected chi connectivity index (χ2v) is 9.30. The minimum Gasteiger partial charge on any atom is -0.348 e. The van der Waals surface area contributed by atoms with Gasteiger partial charge in [-0.05, 0) is 79.7 Å². The Morgan fingerprint density at radius 3 is 2.79 bits per heavy atom. The Hall–Kier alpha value is -1.90. The summed E-state index contributed by atoms with van der Waals surface area (Å²) in [6.07, 6.45) is 15.5. The molecule has 0 aliphatic heterocycles. The number of amides is 1. The zero-order chi connectivity index (χ0) is 20.1. The molecular weight excluding hydrogens is 344 g/mol. The molecule has 2 aliphatic rings. The van der Waals surface area contributed by atoms with E-state index in [2.05, 4.69) is 43.2 Å². The van der Waals surface area contributed by atoms with E-state index in [1.54, 1.807) is 12.4 Å². The van der Waals surface area contributed by atoms with E-state index in [0.717, 1.165) is 40.7 Å². The minimum atomic E-state index is -0.0112. The SMILES string of the molecule is C/C(=C\C=C\[C@@H]1[C@@H]2C(CC[C@@H]1C)C[C@@H](C)C[C@H]2C)C(=O)NCc1cccnc1. The third kappa shape index (κ3) is 5.12. The summed E-state index contributed by atoms with van der Waals surface area (Å²) < 4.78 is 0. The highest BCUT2D eigenvalue weighted by Crippen LogP contribution is 2.50. The van der Waals surface area contributed by atoms with Gasteiger partial charge in [-0.2, -0.15) is 0 Å². The van der Waals surface area contributed by atoms with Crippen LogP contribution in [0.1, 0.15) is 58.9 Å². The first-order chi connectivity index (χ1) is 13.5. The van der Waals surface area contributed by atoms with Crippen molar-refractivity contribution >= 4 is 5.91 Å². The van der Waals surface area contributed by atoms with Crippen LogP contribution in [0, 0.1) is 35.5 Å². The topological polar surface area (TPSA) is 42.0 Å². The van der Waals surface area contributed by atoms with Crippen LogP contribution >= 0.6 is 0 Å². The van der Waals surface area contributed by atoms with Gasteiger partial charge in [0.15, 0.2) is 0 Å². The summed E-state index contributed by atoms with van der Waals surface area (Å²) in [6, 6.07) is 3.86. The van der Waals surface area contributed by atoms with E-state index in [0.29, 0.717) is 12.5 Å². The maximum Gasteiger partial charge on any atom is 0.247 e. The molecule has 2 aliphatic carbocycles. The quantitative estimate of drug-likeness (QED) is 0.538. The molecule has 1 amide bonds. The third-order valence-electron chi connectivity index (χ3n) is 6.99. The average molecular weight is 381 g/mol. The first-order valence-electron chi connectivity index (χ1n) is 11.0. The molecule has 0 aromatic carbocycles. The van der Waals surface area contributed by atoms with Crippen LogP contribution < -0.4 is 5.32 Å². The van der Waals surface area contributed by atoms with Crippen LogP contribution in [0.25, 0.3) is 0 Å². The summed E-state index contributed by atoms with van der Waals surface area (Å²) in [5, 5.41) is 2.97. The highest BCUT2D eigenvalue weighted by atomic mass is 16.1. The molecule has 1 N–H and O–H groups in total. The Labute approximate surface area is 170 Å². The molecule has 0 saturated heterocycles. The summed E-state index contributed by atoms with van der Waals surface area (Å²) in [5.41, 5.74) is 1.77. The highest BCUT2D eigenvalue weighted by Gasteiger charge is 2.42. The van der Waals surface area contributed by atoms with Crippen molar-refractivity contribution in [2.45, 2.75) is 59.9 Å². The molecule has 3 nitrogen and oxygen atoms in total. The maximum atomic E-state index is 12.3. The highest BCUT2D eigenvalue weighted by molar-refractivity contribution is 5.92. The summed E-state index contributed by atoms with van der Waals surface area (Å²) in [6.45, 7) is 9.69. The molecule has 0 radical (unpaired) electrons. The summed E-state index contributed by atoms with van der Waals surface area (Å²) in [7, 11) is 0. The van der Waals surface area contributed by atoms with Gasteiger partial charge in [-0.3, -0.25) is 9.78 Å². The van der Waals surface area contributed by atoms with Crippen molar-refractivity contribution < 1.29 is 4.79 Å². The van der Waals surface area contributed by atoms with Crippen LogP contribution in [-0.4, -0.2) is 10.9 Å². The fraction of sp³-hybridized carbons (Fsp3) is 0.600. The van der Waals surface area contributed by atoms with E-state index < -0.39 is 0 Å². The number of hydrogen-bond donors (Lipinski definition) is 1. The van der Waals surface area contributed by atoms with Gasteiger partial charge in [-0.25, -0.2) is 0 Å². The number of rotatable bonds is 5. The molecule has 1 aromatic heterocycles. The van der Waals surface area contributed by atoms with Crippen molar-refractivity contribution in [3.8, 4) is 0 Å². The Morgan fingerprint density at radius 2 is 2.04 bits per heavy atom. The number of carbonyl (C=O) groups is 1. The van der Waals surface area contributed by atoms with E-state index >= 15 is 0 Å². The van der Waals surface area contributed by atoms with Crippen LogP contribution in [0.5, 0.6) is 0 Å². The summed E-state index contributed by atoms with van der Waals surface area (Å²) in [4.78, 5) is 16.4. The molecule has 2 saturated carbocycles. The fourth-order valence-corrected chi connectivity index (χ4v) is 5.63. The lowest BCUT2D eigenvalue weighted by Gasteiger charge is -2.49. The zero-order valence-corrected chi connectivity index (χ0v) is 17.9. The number of pyridine rings is 1. The van der Waals surface area contributed by atoms with Gasteiger partial charge >= 0.3 is 0 Å². The molecule has 1 unspecified atom stereocenters. The third-order valence-corrected chi connectivity index (χ3v) is 6.99. The van der Waals surface area contributed by atoms with Gasteiger partial charge in [0.05, 0.1) is 0 Å². The lowest BCUT2D eigenvalue weighted by atomic mass is 9.56. The van der Waals surface area contributed by atoms with Gasteiger partial charge in [0.25, 0.3) is 0 Å². The number of nitrogens with one attached hydrogen (secondary N) is 1. The van der Waals surface area contributed by atoms with Crippen molar-refractivity contribution in [3.05, 3.63) is 53.9 Å². The number of allylic oxidation sites excluding steroid dienone is 3. The molecule has 28 heavy (non-hydrogen) atoms.